The third kappa shape index (κ3) is 3.17. The van der Waals surface area contributed by atoms with Gasteiger partial charge in [0.25, 0.3) is 0 Å². The number of nitrogens with zero attached hydrogens (tertiary/aromatic N) is 3. The zero-order chi connectivity index (χ0) is 14.5. The first-order valence-electron chi connectivity index (χ1n) is 6.72. The first-order valence-corrected chi connectivity index (χ1v) is 7.71. The molecule has 0 aliphatic rings. The second-order valence-electron chi connectivity index (χ2n) is 4.49. The van der Waals surface area contributed by atoms with Crippen molar-refractivity contribution in [2.24, 2.45) is 5.73 Å². The van der Waals surface area contributed by atoms with Gasteiger partial charge in [-0.3, -0.25) is 4.57 Å². The lowest BCUT2D eigenvalue weighted by Gasteiger charge is -2.08. The minimum atomic E-state index is 0.610. The van der Waals surface area contributed by atoms with Crippen LogP contribution in [0.25, 0.3) is 11.6 Å². The van der Waals surface area contributed by atoms with Gasteiger partial charge in [-0.15, -0.1) is 10.2 Å². The molecule has 0 spiro atoms. The maximum Gasteiger partial charge on any atom is 0.200 e. The van der Waals surface area contributed by atoms with E-state index in [0.29, 0.717) is 13.1 Å². The molecule has 6 heteroatoms. The molecule has 0 amide bonds. The number of aromatic nitrogens is 3. The molecular weight excluding hydrogens is 284 g/mol. The SMILES string of the molecule is NCCSc1nnc(-c2ccco2)n1Cc1ccccc1. The van der Waals surface area contributed by atoms with Crippen LogP contribution in [0, 0.1) is 0 Å². The minimum Gasteiger partial charge on any atom is -0.461 e. The molecule has 1 aromatic carbocycles. The van der Waals surface area contributed by atoms with Crippen LogP contribution in [0.3, 0.4) is 0 Å². The Kier molecular flexibility index (Phi) is 4.37. The molecular formula is C15H16N4OS. The quantitative estimate of drug-likeness (QED) is 0.709. The van der Waals surface area contributed by atoms with Gasteiger partial charge in [-0.1, -0.05) is 42.1 Å². The van der Waals surface area contributed by atoms with Crippen molar-refractivity contribution in [3.8, 4) is 11.6 Å². The molecule has 5 nitrogen and oxygen atoms in total. The molecule has 3 aromatic rings. The van der Waals surface area contributed by atoms with Gasteiger partial charge in [0, 0.05) is 12.3 Å². The summed E-state index contributed by atoms with van der Waals surface area (Å²) in [6, 6.07) is 14.0. The van der Waals surface area contributed by atoms with Gasteiger partial charge in [0.05, 0.1) is 12.8 Å². The van der Waals surface area contributed by atoms with Crippen molar-refractivity contribution in [3.05, 3.63) is 54.3 Å². The van der Waals surface area contributed by atoms with E-state index in [1.54, 1.807) is 18.0 Å². The molecule has 0 radical (unpaired) electrons. The summed E-state index contributed by atoms with van der Waals surface area (Å²) in [5.74, 6) is 2.27. The lowest BCUT2D eigenvalue weighted by Crippen LogP contribution is -2.06. The van der Waals surface area contributed by atoms with E-state index in [4.69, 9.17) is 10.2 Å². The number of benzene rings is 1. The molecule has 0 atom stereocenters. The van der Waals surface area contributed by atoms with Gasteiger partial charge in [-0.25, -0.2) is 0 Å². The first-order chi connectivity index (χ1) is 10.4. The largest absolute Gasteiger partial charge is 0.461 e. The molecule has 0 saturated carbocycles. The fourth-order valence-corrected chi connectivity index (χ4v) is 2.75. The average Bonchev–Trinajstić information content (AvgIpc) is 3.16. The van der Waals surface area contributed by atoms with Crippen LogP contribution in [0.1, 0.15) is 5.56 Å². The molecule has 0 saturated heterocycles. The Labute approximate surface area is 127 Å². The molecule has 3 rings (SSSR count). The summed E-state index contributed by atoms with van der Waals surface area (Å²) in [6.07, 6.45) is 1.64. The molecule has 2 aromatic heterocycles. The third-order valence-corrected chi connectivity index (χ3v) is 3.99. The smallest absolute Gasteiger partial charge is 0.200 e. The lowest BCUT2D eigenvalue weighted by molar-refractivity contribution is 0.569. The van der Waals surface area contributed by atoms with Crippen molar-refractivity contribution in [1.29, 1.82) is 0 Å². The average molecular weight is 300 g/mol. The molecule has 0 aliphatic carbocycles. The van der Waals surface area contributed by atoms with E-state index in [-0.39, 0.29) is 0 Å². The van der Waals surface area contributed by atoms with Crippen LogP contribution < -0.4 is 5.73 Å². The molecule has 0 unspecified atom stereocenters. The Morgan fingerprint density at radius 2 is 1.95 bits per heavy atom. The molecule has 21 heavy (non-hydrogen) atoms. The van der Waals surface area contributed by atoms with Crippen molar-refractivity contribution in [2.45, 2.75) is 11.7 Å². The lowest BCUT2D eigenvalue weighted by atomic mass is 10.2. The van der Waals surface area contributed by atoms with E-state index >= 15 is 0 Å². The van der Waals surface area contributed by atoms with E-state index in [1.807, 2.05) is 30.3 Å². The summed E-state index contributed by atoms with van der Waals surface area (Å²) in [6.45, 7) is 1.32. The highest BCUT2D eigenvalue weighted by Gasteiger charge is 2.16. The molecule has 0 aliphatic heterocycles. The Morgan fingerprint density at radius 1 is 1.10 bits per heavy atom. The predicted octanol–water partition coefficient (Wildman–Crippen LogP) is 2.64. The second-order valence-corrected chi connectivity index (χ2v) is 5.55. The summed E-state index contributed by atoms with van der Waals surface area (Å²) in [7, 11) is 0. The standard InChI is InChI=1S/C15H16N4OS/c16-8-10-21-15-18-17-14(13-7-4-9-20-13)19(15)11-12-5-2-1-3-6-12/h1-7,9H,8,10-11,16H2. The summed E-state index contributed by atoms with van der Waals surface area (Å²) in [5, 5.41) is 9.39. The molecule has 108 valence electrons. The zero-order valence-corrected chi connectivity index (χ0v) is 12.3. The monoisotopic (exact) mass is 300 g/mol. The van der Waals surface area contributed by atoms with Gasteiger partial charge < -0.3 is 10.2 Å². The summed E-state index contributed by atoms with van der Waals surface area (Å²) in [4.78, 5) is 0. The Morgan fingerprint density at radius 3 is 2.67 bits per heavy atom. The van der Waals surface area contributed by atoms with Crippen LogP contribution in [-0.2, 0) is 6.54 Å². The van der Waals surface area contributed by atoms with Crippen molar-refractivity contribution >= 4 is 11.8 Å². The normalized spacial score (nSPS) is 10.9. The van der Waals surface area contributed by atoms with E-state index in [1.165, 1.54) is 5.56 Å². The summed E-state index contributed by atoms with van der Waals surface area (Å²) < 4.78 is 7.52. The second kappa shape index (κ2) is 6.60. The summed E-state index contributed by atoms with van der Waals surface area (Å²) in [5.41, 5.74) is 6.78. The van der Waals surface area contributed by atoms with Gasteiger partial charge in [0.15, 0.2) is 10.9 Å². The number of rotatable bonds is 6. The van der Waals surface area contributed by atoms with Crippen molar-refractivity contribution in [2.75, 3.05) is 12.3 Å². The highest BCUT2D eigenvalue weighted by atomic mass is 32.2. The van der Waals surface area contributed by atoms with Crippen LogP contribution in [0.4, 0.5) is 0 Å². The van der Waals surface area contributed by atoms with Gasteiger partial charge in [0.1, 0.15) is 0 Å². The van der Waals surface area contributed by atoms with E-state index < -0.39 is 0 Å². The third-order valence-electron chi connectivity index (χ3n) is 2.99. The van der Waals surface area contributed by atoms with Crippen LogP contribution >= 0.6 is 11.8 Å². The number of nitrogens with two attached hydrogens (primary N) is 1. The van der Waals surface area contributed by atoms with Gasteiger partial charge in [0.2, 0.25) is 5.82 Å². The minimum absolute atomic E-state index is 0.610. The molecule has 0 bridgehead atoms. The fraction of sp³-hybridized carbons (Fsp3) is 0.200. The highest BCUT2D eigenvalue weighted by Crippen LogP contribution is 2.25. The topological polar surface area (TPSA) is 69.9 Å². The predicted molar refractivity (Wildman–Crippen MR) is 83.0 cm³/mol. The number of furan rings is 1. The first kappa shape index (κ1) is 13.9. The van der Waals surface area contributed by atoms with Crippen LogP contribution in [0.15, 0.2) is 58.3 Å². The molecule has 2 heterocycles. The van der Waals surface area contributed by atoms with Crippen molar-refractivity contribution in [3.63, 3.8) is 0 Å². The molecule has 2 N–H and O–H groups in total. The maximum atomic E-state index is 5.58. The zero-order valence-electron chi connectivity index (χ0n) is 11.5. The number of hydrogen-bond donors (Lipinski definition) is 1. The van der Waals surface area contributed by atoms with Crippen molar-refractivity contribution < 1.29 is 4.42 Å². The Hall–Kier alpha value is -2.05. The molecule has 0 fully saturated rings. The van der Waals surface area contributed by atoms with Crippen LogP contribution in [0.2, 0.25) is 0 Å². The number of thioether (sulfide) groups is 1. The van der Waals surface area contributed by atoms with E-state index in [2.05, 4.69) is 26.9 Å². The maximum absolute atomic E-state index is 5.58. The van der Waals surface area contributed by atoms with E-state index in [9.17, 15) is 0 Å². The van der Waals surface area contributed by atoms with Gasteiger partial charge in [-0.05, 0) is 17.7 Å². The van der Waals surface area contributed by atoms with E-state index in [0.717, 1.165) is 22.5 Å². The Bertz CT molecular complexity index is 679. The van der Waals surface area contributed by atoms with Gasteiger partial charge in [-0.2, -0.15) is 0 Å². The van der Waals surface area contributed by atoms with Crippen molar-refractivity contribution in [1.82, 2.24) is 14.8 Å². The van der Waals surface area contributed by atoms with Crippen LogP contribution in [-0.4, -0.2) is 27.1 Å². The highest BCUT2D eigenvalue weighted by molar-refractivity contribution is 7.99. The van der Waals surface area contributed by atoms with Gasteiger partial charge >= 0.3 is 0 Å². The Balaban J connectivity index is 1.96. The fourth-order valence-electron chi connectivity index (χ4n) is 2.04. The number of hydrogen-bond acceptors (Lipinski definition) is 5. The van der Waals surface area contributed by atoms with Crippen LogP contribution in [0.5, 0.6) is 0 Å². The summed E-state index contributed by atoms with van der Waals surface area (Å²) >= 11 is 1.61.